The normalized spacial score (nSPS) is 14.8. The number of rotatable bonds is 4. The predicted molar refractivity (Wildman–Crippen MR) is 118 cm³/mol. The summed E-state index contributed by atoms with van der Waals surface area (Å²) in [7, 11) is 0. The standard InChI is InChI=1S/C17H23N.C3H6O.2C2H6/c1-4-18-12-14(3)10-16-7-5-6-15-9-8-13(2)11-17(15)16;1-3(2)4;2*1-2/h4,8-9,11-12,16,18H,1,5-7,10H2,2-3H3;1-2H3;2*1-2H3/b14-12+;;;. The van der Waals surface area contributed by atoms with Gasteiger partial charge in [-0.05, 0) is 82.8 Å². The third-order valence-corrected chi connectivity index (χ3v) is 3.76. The van der Waals surface area contributed by atoms with Gasteiger partial charge in [-0.15, -0.1) is 0 Å². The van der Waals surface area contributed by atoms with Crippen LogP contribution < -0.4 is 5.32 Å². The van der Waals surface area contributed by atoms with Crippen molar-refractivity contribution in [3.63, 3.8) is 0 Å². The Morgan fingerprint density at radius 2 is 1.77 bits per heavy atom. The number of Topliss-reactive ketones (excluding diaryl/α,β-unsaturated/α-hetero) is 1. The van der Waals surface area contributed by atoms with Crippen molar-refractivity contribution in [1.82, 2.24) is 5.32 Å². The Balaban J connectivity index is 0. The number of allylic oxidation sites excluding steroid dienone is 1. The molecule has 0 saturated heterocycles. The summed E-state index contributed by atoms with van der Waals surface area (Å²) in [5.74, 6) is 0.858. The van der Waals surface area contributed by atoms with Crippen molar-refractivity contribution in [2.24, 2.45) is 0 Å². The number of hydrogen-bond donors (Lipinski definition) is 1. The van der Waals surface area contributed by atoms with Gasteiger partial charge < -0.3 is 10.1 Å². The number of ketones is 1. The molecule has 1 unspecified atom stereocenters. The molecule has 0 fully saturated rings. The molecule has 0 aliphatic heterocycles. The minimum atomic E-state index is 0.167. The first-order valence-electron chi connectivity index (χ1n) is 10.0. The van der Waals surface area contributed by atoms with Crippen LogP contribution in [-0.2, 0) is 11.2 Å². The molecule has 2 heteroatoms. The number of carbonyl (C=O) groups is 1. The van der Waals surface area contributed by atoms with Crippen LogP contribution in [0.3, 0.4) is 0 Å². The van der Waals surface area contributed by atoms with Gasteiger partial charge in [0.2, 0.25) is 0 Å². The molecule has 1 aromatic rings. The second kappa shape index (κ2) is 16.6. The monoisotopic (exact) mass is 359 g/mol. The Morgan fingerprint density at radius 1 is 1.19 bits per heavy atom. The highest BCUT2D eigenvalue weighted by molar-refractivity contribution is 5.72. The molecule has 1 N–H and O–H groups in total. The van der Waals surface area contributed by atoms with Crippen molar-refractivity contribution < 1.29 is 4.79 Å². The van der Waals surface area contributed by atoms with Gasteiger partial charge >= 0.3 is 0 Å². The van der Waals surface area contributed by atoms with E-state index in [9.17, 15) is 4.79 Å². The maximum absolute atomic E-state index is 9.44. The van der Waals surface area contributed by atoms with Gasteiger partial charge in [0, 0.05) is 0 Å². The smallest absolute Gasteiger partial charge is 0.126 e. The fraction of sp³-hybridized carbons (Fsp3) is 0.542. The van der Waals surface area contributed by atoms with Crippen LogP contribution in [0, 0.1) is 6.92 Å². The van der Waals surface area contributed by atoms with E-state index in [1.807, 2.05) is 27.7 Å². The van der Waals surface area contributed by atoms with Crippen LogP contribution in [0.1, 0.15) is 90.3 Å². The molecule has 2 nitrogen and oxygen atoms in total. The zero-order valence-electron chi connectivity index (χ0n) is 18.4. The van der Waals surface area contributed by atoms with Crippen molar-refractivity contribution in [2.45, 2.75) is 87.0 Å². The first kappa shape index (κ1) is 26.4. The average Bonchev–Trinajstić information content (AvgIpc) is 2.63. The fourth-order valence-corrected chi connectivity index (χ4v) is 2.88. The number of nitrogens with one attached hydrogen (secondary N) is 1. The van der Waals surface area contributed by atoms with Crippen molar-refractivity contribution in [3.05, 3.63) is 59.4 Å². The Bertz CT molecular complexity index is 539. The molecule has 2 rings (SSSR count). The van der Waals surface area contributed by atoms with Gasteiger partial charge in [-0.25, -0.2) is 0 Å². The lowest BCUT2D eigenvalue weighted by molar-refractivity contribution is -0.114. The number of hydrogen-bond acceptors (Lipinski definition) is 2. The molecule has 0 saturated carbocycles. The van der Waals surface area contributed by atoms with Gasteiger partial charge in [0.1, 0.15) is 5.78 Å². The average molecular weight is 360 g/mol. The van der Waals surface area contributed by atoms with Crippen LogP contribution >= 0.6 is 0 Å². The number of carbonyl (C=O) groups excluding carboxylic acids is 1. The highest BCUT2D eigenvalue weighted by atomic mass is 16.1. The summed E-state index contributed by atoms with van der Waals surface area (Å²) >= 11 is 0. The largest absolute Gasteiger partial charge is 0.368 e. The molecule has 1 aliphatic rings. The van der Waals surface area contributed by atoms with E-state index in [0.29, 0.717) is 5.92 Å². The quantitative estimate of drug-likeness (QED) is 0.621. The zero-order chi connectivity index (χ0) is 20.5. The van der Waals surface area contributed by atoms with Crippen molar-refractivity contribution in [2.75, 3.05) is 0 Å². The minimum absolute atomic E-state index is 0.167. The topological polar surface area (TPSA) is 29.1 Å². The van der Waals surface area contributed by atoms with E-state index < -0.39 is 0 Å². The first-order valence-corrected chi connectivity index (χ1v) is 10.0. The maximum Gasteiger partial charge on any atom is 0.126 e. The van der Waals surface area contributed by atoms with Crippen LogP contribution in [0.4, 0.5) is 0 Å². The lowest BCUT2D eigenvalue weighted by atomic mass is 9.79. The Labute approximate surface area is 162 Å². The molecule has 1 atom stereocenters. The van der Waals surface area contributed by atoms with E-state index >= 15 is 0 Å². The molecule has 1 aliphatic carbocycles. The SMILES string of the molecule is C=CN/C=C(\C)CC1CCCc2ccc(C)cc21.CC.CC.CC(C)=O. The molecule has 1 aromatic carbocycles. The second-order valence-electron chi connectivity index (χ2n) is 6.27. The summed E-state index contributed by atoms with van der Waals surface area (Å²) in [5.41, 5.74) is 5.91. The molecular weight excluding hydrogens is 318 g/mol. The lowest BCUT2D eigenvalue weighted by Gasteiger charge is -2.26. The number of aryl methyl sites for hydroxylation is 2. The van der Waals surface area contributed by atoms with Crippen LogP contribution in [0.25, 0.3) is 0 Å². The van der Waals surface area contributed by atoms with Gasteiger partial charge in [0.05, 0.1) is 0 Å². The Kier molecular flexibility index (Phi) is 16.9. The highest BCUT2D eigenvalue weighted by Crippen LogP contribution is 2.36. The summed E-state index contributed by atoms with van der Waals surface area (Å²) in [4.78, 5) is 9.44. The summed E-state index contributed by atoms with van der Waals surface area (Å²) in [6, 6.07) is 6.94. The van der Waals surface area contributed by atoms with E-state index in [0.717, 1.165) is 6.42 Å². The number of benzene rings is 1. The summed E-state index contributed by atoms with van der Waals surface area (Å²) in [5, 5.41) is 3.07. The highest BCUT2D eigenvalue weighted by Gasteiger charge is 2.20. The minimum Gasteiger partial charge on any atom is -0.368 e. The first-order chi connectivity index (χ1) is 12.4. The molecule has 0 radical (unpaired) electrons. The fourth-order valence-electron chi connectivity index (χ4n) is 2.88. The molecule has 148 valence electrons. The predicted octanol–water partition coefficient (Wildman–Crippen LogP) is 7.09. The maximum atomic E-state index is 9.44. The van der Waals surface area contributed by atoms with E-state index in [2.05, 4.69) is 50.1 Å². The van der Waals surface area contributed by atoms with E-state index in [1.54, 1.807) is 17.3 Å². The molecule has 0 amide bonds. The van der Waals surface area contributed by atoms with Gasteiger partial charge in [-0.2, -0.15) is 0 Å². The third-order valence-electron chi connectivity index (χ3n) is 3.76. The van der Waals surface area contributed by atoms with Crippen LogP contribution in [0.2, 0.25) is 0 Å². The molecule has 26 heavy (non-hydrogen) atoms. The van der Waals surface area contributed by atoms with Gasteiger partial charge in [0.25, 0.3) is 0 Å². The molecule has 0 bridgehead atoms. The Morgan fingerprint density at radius 3 is 2.31 bits per heavy atom. The van der Waals surface area contributed by atoms with Crippen molar-refractivity contribution in [1.29, 1.82) is 0 Å². The van der Waals surface area contributed by atoms with Crippen molar-refractivity contribution in [3.8, 4) is 0 Å². The Hall–Kier alpha value is -1.83. The van der Waals surface area contributed by atoms with E-state index in [4.69, 9.17) is 0 Å². The summed E-state index contributed by atoms with van der Waals surface area (Å²) in [6.45, 7) is 19.1. The van der Waals surface area contributed by atoms with Crippen LogP contribution in [0.5, 0.6) is 0 Å². The van der Waals surface area contributed by atoms with Gasteiger partial charge in [-0.3, -0.25) is 0 Å². The zero-order valence-corrected chi connectivity index (χ0v) is 18.4. The molecule has 0 aromatic heterocycles. The summed E-state index contributed by atoms with van der Waals surface area (Å²) in [6.07, 6.45) is 8.83. The van der Waals surface area contributed by atoms with Gasteiger partial charge in [-0.1, -0.05) is 63.6 Å². The second-order valence-corrected chi connectivity index (χ2v) is 6.27. The summed E-state index contributed by atoms with van der Waals surface area (Å²) < 4.78 is 0. The molecule has 0 spiro atoms. The van der Waals surface area contributed by atoms with Crippen LogP contribution in [0.15, 0.2) is 42.8 Å². The van der Waals surface area contributed by atoms with Crippen molar-refractivity contribution >= 4 is 5.78 Å². The molecular formula is C24H41NO. The number of fused-ring (bicyclic) bond motifs is 1. The molecule has 0 heterocycles. The van der Waals surface area contributed by atoms with E-state index in [1.165, 1.54) is 44.2 Å². The third kappa shape index (κ3) is 11.7. The lowest BCUT2D eigenvalue weighted by Crippen LogP contribution is -2.11. The van der Waals surface area contributed by atoms with E-state index in [-0.39, 0.29) is 5.78 Å². The van der Waals surface area contributed by atoms with Crippen LogP contribution in [-0.4, -0.2) is 5.78 Å². The van der Waals surface area contributed by atoms with Gasteiger partial charge in [0.15, 0.2) is 0 Å².